The average molecular weight is 356 g/mol. The molecule has 1 amide bonds. The van der Waals surface area contributed by atoms with E-state index in [1.165, 1.54) is 18.2 Å². The van der Waals surface area contributed by atoms with Gasteiger partial charge in [0.25, 0.3) is 0 Å². The first kappa shape index (κ1) is 18.7. The van der Waals surface area contributed by atoms with Crippen molar-refractivity contribution in [3.63, 3.8) is 0 Å². The molecular weight excluding hydrogens is 331 g/mol. The monoisotopic (exact) mass is 356 g/mol. The SMILES string of the molecule is CC[C@@H](C(=O)N1CCC[C@H](C)C1)N(c1ccccc1F)S(C)(=O)=O. The third-order valence-corrected chi connectivity index (χ3v) is 5.54. The Balaban J connectivity index is 2.40. The smallest absolute Gasteiger partial charge is 0.246 e. The molecule has 1 aliphatic heterocycles. The Morgan fingerprint density at radius 1 is 1.42 bits per heavy atom. The lowest BCUT2D eigenvalue weighted by Crippen LogP contribution is -2.53. The number of hydrogen-bond donors (Lipinski definition) is 0. The maximum absolute atomic E-state index is 14.2. The van der Waals surface area contributed by atoms with Gasteiger partial charge in [-0.1, -0.05) is 26.0 Å². The lowest BCUT2D eigenvalue weighted by Gasteiger charge is -2.37. The van der Waals surface area contributed by atoms with Crippen LogP contribution in [0.15, 0.2) is 24.3 Å². The van der Waals surface area contributed by atoms with Crippen LogP contribution >= 0.6 is 0 Å². The van der Waals surface area contributed by atoms with Crippen molar-refractivity contribution in [1.82, 2.24) is 4.90 Å². The molecule has 0 spiro atoms. The third kappa shape index (κ3) is 4.06. The van der Waals surface area contributed by atoms with E-state index in [0.717, 1.165) is 23.4 Å². The lowest BCUT2D eigenvalue weighted by atomic mass is 9.99. The zero-order valence-electron chi connectivity index (χ0n) is 14.4. The molecule has 0 aliphatic carbocycles. The quantitative estimate of drug-likeness (QED) is 0.815. The van der Waals surface area contributed by atoms with Crippen LogP contribution in [0, 0.1) is 11.7 Å². The fraction of sp³-hybridized carbons (Fsp3) is 0.588. The molecule has 0 saturated carbocycles. The summed E-state index contributed by atoms with van der Waals surface area (Å²) in [5.74, 6) is -0.515. The van der Waals surface area contributed by atoms with Crippen molar-refractivity contribution in [3.05, 3.63) is 30.1 Å². The summed E-state index contributed by atoms with van der Waals surface area (Å²) in [6, 6.07) is 4.73. The molecule has 1 fully saturated rings. The van der Waals surface area contributed by atoms with Gasteiger partial charge in [0.2, 0.25) is 15.9 Å². The summed E-state index contributed by atoms with van der Waals surface area (Å²) in [7, 11) is -3.80. The number of piperidine rings is 1. The maximum Gasteiger partial charge on any atom is 0.246 e. The molecule has 1 heterocycles. The van der Waals surface area contributed by atoms with Crippen molar-refractivity contribution >= 4 is 21.6 Å². The number of amides is 1. The first-order chi connectivity index (χ1) is 11.3. The summed E-state index contributed by atoms with van der Waals surface area (Å²) in [5.41, 5.74) is -0.0785. The third-order valence-electron chi connectivity index (χ3n) is 4.37. The zero-order valence-corrected chi connectivity index (χ0v) is 15.2. The topological polar surface area (TPSA) is 57.7 Å². The highest BCUT2D eigenvalue weighted by Gasteiger charge is 2.36. The number of benzene rings is 1. The summed E-state index contributed by atoms with van der Waals surface area (Å²) in [4.78, 5) is 14.7. The van der Waals surface area contributed by atoms with Gasteiger partial charge in [-0.15, -0.1) is 0 Å². The Bertz CT molecular complexity index is 693. The molecular formula is C17H25FN2O3S. The van der Waals surface area contributed by atoms with E-state index in [4.69, 9.17) is 0 Å². The minimum absolute atomic E-state index is 0.0785. The summed E-state index contributed by atoms with van der Waals surface area (Å²) in [6.07, 6.45) is 3.25. The molecule has 1 saturated heterocycles. The summed E-state index contributed by atoms with van der Waals surface area (Å²) < 4.78 is 39.8. The van der Waals surface area contributed by atoms with Crippen LogP contribution in [0.4, 0.5) is 10.1 Å². The Hall–Kier alpha value is -1.63. The van der Waals surface area contributed by atoms with Gasteiger partial charge < -0.3 is 4.90 Å². The Morgan fingerprint density at radius 2 is 2.08 bits per heavy atom. The largest absolute Gasteiger partial charge is 0.341 e. The van der Waals surface area contributed by atoms with Gasteiger partial charge in [-0.25, -0.2) is 12.8 Å². The molecule has 0 bridgehead atoms. The number of para-hydroxylation sites is 1. The van der Waals surface area contributed by atoms with Crippen LogP contribution in [-0.4, -0.2) is 44.6 Å². The van der Waals surface area contributed by atoms with E-state index in [2.05, 4.69) is 6.92 Å². The number of nitrogens with zero attached hydrogens (tertiary/aromatic N) is 2. The summed E-state index contributed by atoms with van der Waals surface area (Å²) in [5, 5.41) is 0. The number of likely N-dealkylation sites (tertiary alicyclic amines) is 1. The van der Waals surface area contributed by atoms with Gasteiger partial charge in [0.1, 0.15) is 11.9 Å². The molecule has 0 aromatic heterocycles. The van der Waals surface area contributed by atoms with Crippen molar-refractivity contribution in [2.24, 2.45) is 5.92 Å². The number of rotatable bonds is 5. The molecule has 0 radical (unpaired) electrons. The first-order valence-corrected chi connectivity index (χ1v) is 10.1. The van der Waals surface area contributed by atoms with Crippen LogP contribution in [0.5, 0.6) is 0 Å². The Morgan fingerprint density at radius 3 is 2.62 bits per heavy atom. The molecule has 5 nitrogen and oxygen atoms in total. The number of anilines is 1. The number of carbonyl (C=O) groups excluding carboxylic acids is 1. The van der Waals surface area contributed by atoms with Crippen LogP contribution in [0.1, 0.15) is 33.1 Å². The standard InChI is InChI=1S/C17H25FN2O3S/c1-4-15(17(21)19-11-7-8-13(2)12-19)20(24(3,22)23)16-10-6-5-9-14(16)18/h5-6,9-10,13,15H,4,7-8,11-12H2,1-3H3/t13-,15-/m0/s1. The summed E-state index contributed by atoms with van der Waals surface area (Å²) in [6.45, 7) is 5.05. The Labute approximate surface area is 143 Å². The highest BCUT2D eigenvalue weighted by atomic mass is 32.2. The molecule has 1 aromatic carbocycles. The number of halogens is 1. The summed E-state index contributed by atoms with van der Waals surface area (Å²) >= 11 is 0. The van der Waals surface area contributed by atoms with E-state index >= 15 is 0 Å². The molecule has 1 aromatic rings. The van der Waals surface area contributed by atoms with E-state index in [-0.39, 0.29) is 18.0 Å². The van der Waals surface area contributed by atoms with Gasteiger partial charge in [-0.3, -0.25) is 9.10 Å². The molecule has 2 atom stereocenters. The minimum atomic E-state index is -3.80. The molecule has 7 heteroatoms. The molecule has 1 aliphatic rings. The van der Waals surface area contributed by atoms with Crippen LogP contribution in [0.25, 0.3) is 0 Å². The molecule has 2 rings (SSSR count). The average Bonchev–Trinajstić information content (AvgIpc) is 2.52. The second-order valence-electron chi connectivity index (χ2n) is 6.47. The highest BCUT2D eigenvalue weighted by Crippen LogP contribution is 2.27. The van der Waals surface area contributed by atoms with Crippen molar-refractivity contribution in [2.75, 3.05) is 23.7 Å². The minimum Gasteiger partial charge on any atom is -0.341 e. The molecule has 24 heavy (non-hydrogen) atoms. The van der Waals surface area contributed by atoms with E-state index in [0.29, 0.717) is 19.0 Å². The normalized spacial score (nSPS) is 19.8. The first-order valence-electron chi connectivity index (χ1n) is 8.28. The lowest BCUT2D eigenvalue weighted by molar-refractivity contribution is -0.134. The molecule has 0 unspecified atom stereocenters. The number of carbonyl (C=O) groups is 1. The fourth-order valence-electron chi connectivity index (χ4n) is 3.25. The van der Waals surface area contributed by atoms with Gasteiger partial charge in [-0.2, -0.15) is 0 Å². The maximum atomic E-state index is 14.2. The highest BCUT2D eigenvalue weighted by molar-refractivity contribution is 7.92. The van der Waals surface area contributed by atoms with E-state index in [1.54, 1.807) is 17.9 Å². The molecule has 0 N–H and O–H groups in total. The van der Waals surface area contributed by atoms with Crippen LogP contribution in [0.3, 0.4) is 0 Å². The second kappa shape index (κ2) is 7.51. The van der Waals surface area contributed by atoms with Crippen LogP contribution < -0.4 is 4.31 Å². The molecule has 134 valence electrons. The van der Waals surface area contributed by atoms with Crippen molar-refractivity contribution in [3.8, 4) is 0 Å². The van der Waals surface area contributed by atoms with Crippen LogP contribution in [-0.2, 0) is 14.8 Å². The van der Waals surface area contributed by atoms with Gasteiger partial charge in [0.15, 0.2) is 0 Å². The Kier molecular flexibility index (Phi) is 5.85. The van der Waals surface area contributed by atoms with Crippen molar-refractivity contribution < 1.29 is 17.6 Å². The predicted molar refractivity (Wildman–Crippen MR) is 92.8 cm³/mol. The van der Waals surface area contributed by atoms with Gasteiger partial charge in [-0.05, 0) is 37.3 Å². The number of sulfonamides is 1. The van der Waals surface area contributed by atoms with Gasteiger partial charge >= 0.3 is 0 Å². The van der Waals surface area contributed by atoms with E-state index in [1.807, 2.05) is 0 Å². The van der Waals surface area contributed by atoms with Crippen molar-refractivity contribution in [1.29, 1.82) is 0 Å². The van der Waals surface area contributed by atoms with Crippen molar-refractivity contribution in [2.45, 2.75) is 39.2 Å². The zero-order chi connectivity index (χ0) is 17.9. The second-order valence-corrected chi connectivity index (χ2v) is 8.33. The van der Waals surface area contributed by atoms with Crippen LogP contribution in [0.2, 0.25) is 0 Å². The predicted octanol–water partition coefficient (Wildman–Crippen LogP) is 2.63. The number of hydrogen-bond acceptors (Lipinski definition) is 3. The van der Waals surface area contributed by atoms with Gasteiger partial charge in [0.05, 0.1) is 11.9 Å². The van der Waals surface area contributed by atoms with E-state index < -0.39 is 21.9 Å². The fourth-order valence-corrected chi connectivity index (χ4v) is 4.46. The van der Waals surface area contributed by atoms with E-state index in [9.17, 15) is 17.6 Å². The van der Waals surface area contributed by atoms with Gasteiger partial charge in [0, 0.05) is 13.1 Å².